The predicted octanol–water partition coefficient (Wildman–Crippen LogP) is 6.38. The van der Waals surface area contributed by atoms with Crippen LogP contribution in [0, 0.1) is 16.0 Å². The smallest absolute Gasteiger partial charge is 0.288 e. The van der Waals surface area contributed by atoms with E-state index in [0.717, 1.165) is 23.2 Å². The van der Waals surface area contributed by atoms with E-state index in [0.29, 0.717) is 10.0 Å². The summed E-state index contributed by atoms with van der Waals surface area (Å²) < 4.78 is 0. The number of hydrogen-bond acceptors (Lipinski definition) is 3. The second-order valence-electron chi connectivity index (χ2n) is 6.26. The molecule has 0 unspecified atom stereocenters. The fourth-order valence-corrected chi connectivity index (χ4v) is 4.51. The van der Waals surface area contributed by atoms with Crippen molar-refractivity contribution < 1.29 is 4.92 Å². The van der Waals surface area contributed by atoms with Crippen LogP contribution in [0.15, 0.2) is 42.5 Å². The van der Waals surface area contributed by atoms with Crippen LogP contribution in [0.1, 0.15) is 29.5 Å². The molecule has 1 N–H and O–H groups in total. The van der Waals surface area contributed by atoms with Gasteiger partial charge in [-0.2, -0.15) is 0 Å². The summed E-state index contributed by atoms with van der Waals surface area (Å²) in [5, 5.41) is 16.1. The van der Waals surface area contributed by atoms with Crippen LogP contribution in [-0.4, -0.2) is 4.92 Å². The summed E-state index contributed by atoms with van der Waals surface area (Å²) in [4.78, 5) is 10.8. The van der Waals surface area contributed by atoms with E-state index in [-0.39, 0.29) is 28.6 Å². The number of hydrogen-bond donors (Lipinski definition) is 1. The first-order chi connectivity index (χ1) is 12.0. The van der Waals surface area contributed by atoms with Gasteiger partial charge >= 0.3 is 0 Å². The van der Waals surface area contributed by atoms with Gasteiger partial charge in [0.2, 0.25) is 0 Å². The van der Waals surface area contributed by atoms with Crippen LogP contribution < -0.4 is 5.32 Å². The van der Waals surface area contributed by atoms with E-state index in [1.165, 1.54) is 0 Å². The molecule has 7 heteroatoms. The Kier molecular flexibility index (Phi) is 4.14. The van der Waals surface area contributed by atoms with Crippen LogP contribution in [0.4, 0.5) is 11.4 Å². The standard InChI is InChI=1S/C18H13Cl3N2O2/c19-12-5-4-9(8-15(12)23(24)25)17-11-3-1-2-10(11)16-13(20)6-7-14(21)18(16)22-17/h1-2,4-8,10-11,17,22H,3H2/t10-,11-,17+/m1/s1. The Bertz CT molecular complexity index is 913. The number of benzene rings is 2. The van der Waals surface area contributed by atoms with Gasteiger partial charge in [-0.05, 0) is 36.1 Å². The van der Waals surface area contributed by atoms with Gasteiger partial charge in [-0.15, -0.1) is 0 Å². The Morgan fingerprint density at radius 3 is 2.56 bits per heavy atom. The molecule has 128 valence electrons. The first-order valence-electron chi connectivity index (χ1n) is 7.82. The van der Waals surface area contributed by atoms with Crippen molar-refractivity contribution in [1.82, 2.24) is 0 Å². The molecule has 25 heavy (non-hydrogen) atoms. The first-order valence-corrected chi connectivity index (χ1v) is 8.95. The minimum atomic E-state index is -0.461. The highest BCUT2D eigenvalue weighted by atomic mass is 35.5. The van der Waals surface area contributed by atoms with Crippen LogP contribution >= 0.6 is 34.8 Å². The van der Waals surface area contributed by atoms with E-state index in [1.807, 2.05) is 6.07 Å². The fourth-order valence-electron chi connectivity index (χ4n) is 3.82. The number of fused-ring (bicyclic) bond motifs is 3. The molecule has 0 saturated carbocycles. The normalized spacial score (nSPS) is 23.7. The lowest BCUT2D eigenvalue weighted by molar-refractivity contribution is -0.384. The zero-order chi connectivity index (χ0) is 17.7. The Labute approximate surface area is 159 Å². The van der Waals surface area contributed by atoms with E-state index in [4.69, 9.17) is 34.8 Å². The van der Waals surface area contributed by atoms with Crippen LogP contribution in [0.3, 0.4) is 0 Å². The second-order valence-corrected chi connectivity index (χ2v) is 7.48. The summed E-state index contributed by atoms with van der Waals surface area (Å²) >= 11 is 18.8. The molecule has 0 fully saturated rings. The number of halogens is 3. The molecule has 0 radical (unpaired) electrons. The van der Waals surface area contributed by atoms with Gasteiger partial charge in [0.05, 0.1) is 21.7 Å². The molecular formula is C18H13Cl3N2O2. The fraction of sp³-hybridized carbons (Fsp3) is 0.222. The topological polar surface area (TPSA) is 55.2 Å². The number of anilines is 1. The summed E-state index contributed by atoms with van der Waals surface area (Å²) in [7, 11) is 0. The second kappa shape index (κ2) is 6.20. The van der Waals surface area contributed by atoms with Crippen LogP contribution in [0.5, 0.6) is 0 Å². The van der Waals surface area contributed by atoms with E-state index < -0.39 is 4.92 Å². The van der Waals surface area contributed by atoms with Crippen molar-refractivity contribution in [1.29, 1.82) is 0 Å². The van der Waals surface area contributed by atoms with Crippen molar-refractivity contribution in [2.24, 2.45) is 5.92 Å². The number of nitro benzene ring substituents is 1. The van der Waals surface area contributed by atoms with Crippen LogP contribution in [0.25, 0.3) is 0 Å². The highest BCUT2D eigenvalue weighted by molar-refractivity contribution is 6.36. The maximum absolute atomic E-state index is 11.2. The van der Waals surface area contributed by atoms with E-state index >= 15 is 0 Å². The molecule has 0 saturated heterocycles. The Morgan fingerprint density at radius 1 is 1.08 bits per heavy atom. The molecule has 4 nitrogen and oxygen atoms in total. The molecule has 2 aliphatic rings. The quantitative estimate of drug-likeness (QED) is 0.364. The lowest BCUT2D eigenvalue weighted by Gasteiger charge is -2.38. The third kappa shape index (κ3) is 2.69. The summed E-state index contributed by atoms with van der Waals surface area (Å²) in [5.41, 5.74) is 2.51. The van der Waals surface area contributed by atoms with Gasteiger partial charge in [0.25, 0.3) is 5.69 Å². The van der Waals surface area contributed by atoms with Crippen molar-refractivity contribution in [3.63, 3.8) is 0 Å². The number of nitrogens with zero attached hydrogens (tertiary/aromatic N) is 1. The average Bonchev–Trinajstić information content (AvgIpc) is 3.07. The van der Waals surface area contributed by atoms with Crippen molar-refractivity contribution in [3.8, 4) is 0 Å². The molecule has 1 aliphatic heterocycles. The lowest BCUT2D eigenvalue weighted by atomic mass is 9.77. The molecule has 2 aromatic carbocycles. The SMILES string of the molecule is O=[N+]([O-])c1cc([C@@H]2Nc3c(Cl)ccc(Cl)c3[C@@H]3C=CC[C@H]32)ccc1Cl. The Hall–Kier alpha value is -1.75. The number of nitrogens with one attached hydrogen (secondary N) is 1. The Balaban J connectivity index is 1.84. The molecule has 1 aliphatic carbocycles. The zero-order valence-electron chi connectivity index (χ0n) is 12.9. The first kappa shape index (κ1) is 16.7. The largest absolute Gasteiger partial charge is 0.376 e. The summed E-state index contributed by atoms with van der Waals surface area (Å²) in [6.07, 6.45) is 5.13. The van der Waals surface area contributed by atoms with Gasteiger partial charge in [0.1, 0.15) is 5.02 Å². The molecule has 4 rings (SSSR count). The van der Waals surface area contributed by atoms with Gasteiger partial charge < -0.3 is 5.32 Å². The van der Waals surface area contributed by atoms with E-state index in [9.17, 15) is 10.1 Å². The van der Waals surface area contributed by atoms with Gasteiger partial charge in [-0.25, -0.2) is 0 Å². The van der Waals surface area contributed by atoms with Crippen molar-refractivity contribution >= 4 is 46.2 Å². The number of allylic oxidation sites excluding steroid dienone is 2. The maximum Gasteiger partial charge on any atom is 0.288 e. The zero-order valence-corrected chi connectivity index (χ0v) is 15.1. The molecular weight excluding hydrogens is 383 g/mol. The number of nitro groups is 1. The van der Waals surface area contributed by atoms with E-state index in [1.54, 1.807) is 24.3 Å². The highest BCUT2D eigenvalue weighted by Gasteiger charge is 2.40. The molecule has 3 atom stereocenters. The maximum atomic E-state index is 11.2. The molecule has 0 aromatic heterocycles. The molecule has 0 spiro atoms. The monoisotopic (exact) mass is 394 g/mol. The van der Waals surface area contributed by atoms with Crippen molar-refractivity contribution in [3.05, 3.63) is 78.8 Å². The van der Waals surface area contributed by atoms with E-state index in [2.05, 4.69) is 17.5 Å². The van der Waals surface area contributed by atoms with Crippen molar-refractivity contribution in [2.75, 3.05) is 5.32 Å². The minimum absolute atomic E-state index is 0.0912. The van der Waals surface area contributed by atoms with Crippen LogP contribution in [-0.2, 0) is 0 Å². The van der Waals surface area contributed by atoms with Crippen molar-refractivity contribution in [2.45, 2.75) is 18.4 Å². The summed E-state index contributed by atoms with van der Waals surface area (Å²) in [5.74, 6) is 0.339. The molecule has 0 bridgehead atoms. The molecule has 2 aromatic rings. The Morgan fingerprint density at radius 2 is 1.80 bits per heavy atom. The average molecular weight is 396 g/mol. The van der Waals surface area contributed by atoms with Gasteiger partial charge in [0.15, 0.2) is 0 Å². The van der Waals surface area contributed by atoms with Gasteiger partial charge in [-0.1, -0.05) is 53.0 Å². The predicted molar refractivity (Wildman–Crippen MR) is 101 cm³/mol. The minimum Gasteiger partial charge on any atom is -0.376 e. The van der Waals surface area contributed by atoms with Gasteiger partial charge in [-0.3, -0.25) is 10.1 Å². The van der Waals surface area contributed by atoms with Gasteiger partial charge in [0, 0.05) is 22.6 Å². The number of rotatable bonds is 2. The van der Waals surface area contributed by atoms with Crippen LogP contribution in [0.2, 0.25) is 15.1 Å². The third-order valence-corrected chi connectivity index (χ3v) is 5.91. The molecule has 0 amide bonds. The molecule has 1 heterocycles. The lowest BCUT2D eigenvalue weighted by Crippen LogP contribution is -2.29. The highest BCUT2D eigenvalue weighted by Crippen LogP contribution is 2.53. The summed E-state index contributed by atoms with van der Waals surface area (Å²) in [6, 6.07) is 8.39. The third-order valence-electron chi connectivity index (χ3n) is 4.94. The summed E-state index contributed by atoms with van der Waals surface area (Å²) in [6.45, 7) is 0.